The van der Waals surface area contributed by atoms with Gasteiger partial charge in [0.1, 0.15) is 11.9 Å². The van der Waals surface area contributed by atoms with Gasteiger partial charge < -0.3 is 11.1 Å². The van der Waals surface area contributed by atoms with Crippen LogP contribution in [0.25, 0.3) is 0 Å². The summed E-state index contributed by atoms with van der Waals surface area (Å²) in [5.41, 5.74) is 7.02. The standard InChI is InChI=1S/C18H26FN3O.ClH/c1-18(2)11-22(10-9-15(18)20)16(17(23)21-14-7-8-14)12-3-5-13(19)6-4-12;/h3-6,14-16H,7-11,20H2,1-2H3,(H,21,23);1H. The summed E-state index contributed by atoms with van der Waals surface area (Å²) in [6, 6.07) is 6.36. The van der Waals surface area contributed by atoms with Crippen LogP contribution >= 0.6 is 12.4 Å². The van der Waals surface area contributed by atoms with E-state index in [1.807, 2.05) is 0 Å². The summed E-state index contributed by atoms with van der Waals surface area (Å²) in [5, 5.41) is 3.10. The third-order valence-corrected chi connectivity index (χ3v) is 5.06. The lowest BCUT2D eigenvalue weighted by molar-refractivity contribution is -0.128. The van der Waals surface area contributed by atoms with Crippen molar-refractivity contribution in [3.63, 3.8) is 0 Å². The lowest BCUT2D eigenvalue weighted by atomic mass is 9.79. The number of nitrogens with zero attached hydrogens (tertiary/aromatic N) is 1. The predicted octanol–water partition coefficient (Wildman–Crippen LogP) is 2.63. The fraction of sp³-hybridized carbons (Fsp3) is 0.611. The Balaban J connectivity index is 0.00000208. The van der Waals surface area contributed by atoms with Crippen molar-refractivity contribution in [2.24, 2.45) is 11.1 Å². The molecule has 1 aromatic rings. The molecule has 3 N–H and O–H groups in total. The smallest absolute Gasteiger partial charge is 0.242 e. The van der Waals surface area contributed by atoms with E-state index < -0.39 is 0 Å². The first-order chi connectivity index (χ1) is 10.9. The third kappa shape index (κ3) is 4.26. The molecule has 1 saturated carbocycles. The first-order valence-electron chi connectivity index (χ1n) is 8.42. The van der Waals surface area contributed by atoms with Crippen LogP contribution in [-0.4, -0.2) is 36.0 Å². The second-order valence-corrected chi connectivity index (χ2v) is 7.59. The fourth-order valence-electron chi connectivity index (χ4n) is 3.32. The highest BCUT2D eigenvalue weighted by Gasteiger charge is 2.39. The Morgan fingerprint density at radius 3 is 2.46 bits per heavy atom. The van der Waals surface area contributed by atoms with Gasteiger partial charge in [-0.05, 0) is 42.4 Å². The summed E-state index contributed by atoms with van der Waals surface area (Å²) in [6.45, 7) is 5.83. The number of piperidine rings is 1. The van der Waals surface area contributed by atoms with Crippen LogP contribution in [-0.2, 0) is 4.79 Å². The van der Waals surface area contributed by atoms with Gasteiger partial charge in [-0.1, -0.05) is 26.0 Å². The molecule has 6 heteroatoms. The Morgan fingerprint density at radius 1 is 1.29 bits per heavy atom. The van der Waals surface area contributed by atoms with Crippen LogP contribution in [0, 0.1) is 11.2 Å². The molecule has 2 fully saturated rings. The second-order valence-electron chi connectivity index (χ2n) is 7.59. The van der Waals surface area contributed by atoms with Crippen LogP contribution in [0.15, 0.2) is 24.3 Å². The van der Waals surface area contributed by atoms with E-state index in [1.165, 1.54) is 12.1 Å². The van der Waals surface area contributed by atoms with Crippen LogP contribution in [0.2, 0.25) is 0 Å². The molecule has 2 aliphatic rings. The average Bonchev–Trinajstić information content (AvgIpc) is 3.29. The molecule has 1 aliphatic carbocycles. The van der Waals surface area contributed by atoms with Gasteiger partial charge >= 0.3 is 0 Å². The monoisotopic (exact) mass is 355 g/mol. The van der Waals surface area contributed by atoms with E-state index in [0.29, 0.717) is 6.04 Å². The summed E-state index contributed by atoms with van der Waals surface area (Å²) in [7, 11) is 0. The molecule has 1 aliphatic heterocycles. The number of nitrogens with one attached hydrogen (secondary N) is 1. The lowest BCUT2D eigenvalue weighted by Gasteiger charge is -2.45. The van der Waals surface area contributed by atoms with Crippen LogP contribution in [0.4, 0.5) is 4.39 Å². The molecule has 1 heterocycles. The number of benzene rings is 1. The predicted molar refractivity (Wildman–Crippen MR) is 95.5 cm³/mol. The van der Waals surface area contributed by atoms with Crippen molar-refractivity contribution in [1.82, 2.24) is 10.2 Å². The van der Waals surface area contributed by atoms with E-state index >= 15 is 0 Å². The maximum absolute atomic E-state index is 13.3. The third-order valence-electron chi connectivity index (χ3n) is 5.06. The average molecular weight is 356 g/mol. The molecular formula is C18H27ClFN3O. The number of rotatable bonds is 4. The molecule has 0 radical (unpaired) electrons. The van der Waals surface area contributed by atoms with Crippen molar-refractivity contribution >= 4 is 18.3 Å². The SMILES string of the molecule is CC1(C)CN(C(C(=O)NC2CC2)c2ccc(F)cc2)CCC1N.Cl. The van der Waals surface area contributed by atoms with Crippen molar-refractivity contribution in [3.8, 4) is 0 Å². The number of carbonyl (C=O) groups is 1. The summed E-state index contributed by atoms with van der Waals surface area (Å²) in [5.74, 6) is -0.263. The first kappa shape index (κ1) is 19.2. The number of hydrogen-bond acceptors (Lipinski definition) is 3. The Bertz CT molecular complexity index is 574. The van der Waals surface area contributed by atoms with Gasteiger partial charge in [-0.3, -0.25) is 9.69 Å². The van der Waals surface area contributed by atoms with Crippen LogP contribution in [0.3, 0.4) is 0 Å². The van der Waals surface area contributed by atoms with Gasteiger partial charge in [-0.25, -0.2) is 4.39 Å². The largest absolute Gasteiger partial charge is 0.352 e. The Morgan fingerprint density at radius 2 is 1.92 bits per heavy atom. The van der Waals surface area contributed by atoms with Crippen LogP contribution in [0.5, 0.6) is 0 Å². The number of amides is 1. The van der Waals surface area contributed by atoms with E-state index in [0.717, 1.165) is 37.9 Å². The normalized spacial score (nSPS) is 24.8. The Hall–Kier alpha value is -1.17. The highest BCUT2D eigenvalue weighted by atomic mass is 35.5. The van der Waals surface area contributed by atoms with Crippen molar-refractivity contribution in [2.45, 2.75) is 51.2 Å². The zero-order chi connectivity index (χ0) is 16.6. The molecule has 2 atom stereocenters. The summed E-state index contributed by atoms with van der Waals surface area (Å²) >= 11 is 0. The number of likely N-dealkylation sites (tertiary alicyclic amines) is 1. The maximum atomic E-state index is 13.3. The van der Waals surface area contributed by atoms with E-state index in [-0.39, 0.29) is 41.6 Å². The summed E-state index contributed by atoms with van der Waals surface area (Å²) < 4.78 is 13.3. The molecular weight excluding hydrogens is 329 g/mol. The maximum Gasteiger partial charge on any atom is 0.242 e. The van der Waals surface area contributed by atoms with Gasteiger partial charge in [0.25, 0.3) is 0 Å². The van der Waals surface area contributed by atoms with Gasteiger partial charge in [0.05, 0.1) is 0 Å². The minimum absolute atomic E-state index is 0. The van der Waals surface area contributed by atoms with Crippen molar-refractivity contribution in [2.75, 3.05) is 13.1 Å². The minimum atomic E-state index is -0.372. The van der Waals surface area contributed by atoms with Gasteiger partial charge in [0.15, 0.2) is 0 Å². The van der Waals surface area contributed by atoms with Crippen LogP contribution < -0.4 is 11.1 Å². The van der Waals surface area contributed by atoms with Crippen molar-refractivity contribution in [1.29, 1.82) is 0 Å². The van der Waals surface area contributed by atoms with Gasteiger partial charge in [-0.15, -0.1) is 12.4 Å². The second kappa shape index (κ2) is 7.38. The van der Waals surface area contributed by atoms with Crippen molar-refractivity contribution < 1.29 is 9.18 Å². The summed E-state index contributed by atoms with van der Waals surface area (Å²) in [6.07, 6.45) is 2.97. The number of nitrogens with two attached hydrogens (primary N) is 1. The van der Waals surface area contributed by atoms with Gasteiger partial charge in [0, 0.05) is 25.2 Å². The topological polar surface area (TPSA) is 58.4 Å². The zero-order valence-electron chi connectivity index (χ0n) is 14.3. The van der Waals surface area contributed by atoms with E-state index in [4.69, 9.17) is 5.73 Å². The minimum Gasteiger partial charge on any atom is -0.352 e. The number of halogens is 2. The fourth-order valence-corrected chi connectivity index (χ4v) is 3.32. The summed E-state index contributed by atoms with van der Waals surface area (Å²) in [4.78, 5) is 15.0. The molecule has 1 saturated heterocycles. The molecule has 4 nitrogen and oxygen atoms in total. The van der Waals surface area contributed by atoms with Crippen LogP contribution in [0.1, 0.15) is 44.7 Å². The molecule has 0 aromatic heterocycles. The first-order valence-corrected chi connectivity index (χ1v) is 8.42. The van der Waals surface area contributed by atoms with Gasteiger partial charge in [0.2, 0.25) is 5.91 Å². The molecule has 3 rings (SSSR count). The molecule has 1 amide bonds. The molecule has 2 unspecified atom stereocenters. The van der Waals surface area contributed by atoms with Crippen molar-refractivity contribution in [3.05, 3.63) is 35.6 Å². The Kier molecular flexibility index (Phi) is 5.89. The quantitative estimate of drug-likeness (QED) is 0.872. The highest BCUT2D eigenvalue weighted by Crippen LogP contribution is 2.34. The number of hydrogen-bond donors (Lipinski definition) is 2. The molecule has 1 aromatic carbocycles. The molecule has 24 heavy (non-hydrogen) atoms. The molecule has 134 valence electrons. The Labute approximate surface area is 149 Å². The molecule has 0 bridgehead atoms. The van der Waals surface area contributed by atoms with E-state index in [1.54, 1.807) is 12.1 Å². The van der Waals surface area contributed by atoms with Gasteiger partial charge in [-0.2, -0.15) is 0 Å². The van der Waals surface area contributed by atoms with E-state index in [2.05, 4.69) is 24.1 Å². The molecule has 0 spiro atoms. The van der Waals surface area contributed by atoms with E-state index in [9.17, 15) is 9.18 Å². The zero-order valence-corrected chi connectivity index (χ0v) is 15.1. The lowest BCUT2D eigenvalue weighted by Crippen LogP contribution is -2.55. The number of carbonyl (C=O) groups excluding carboxylic acids is 1. The highest BCUT2D eigenvalue weighted by molar-refractivity contribution is 5.85.